The second-order valence-corrected chi connectivity index (χ2v) is 3.76. The zero-order valence-corrected chi connectivity index (χ0v) is 9.29. The van der Waals surface area contributed by atoms with Crippen LogP contribution in [0.4, 0.5) is 11.5 Å². The van der Waals surface area contributed by atoms with E-state index in [4.69, 9.17) is 22.1 Å². The molecule has 0 unspecified atom stereocenters. The molecule has 1 aliphatic heterocycles. The van der Waals surface area contributed by atoms with Gasteiger partial charge in [0.05, 0.1) is 13.2 Å². The monoisotopic (exact) mass is 228 g/mol. The number of aromatic nitrogens is 2. The second-order valence-electron chi connectivity index (χ2n) is 3.40. The summed E-state index contributed by atoms with van der Waals surface area (Å²) >= 11 is 5.90. The van der Waals surface area contributed by atoms with Gasteiger partial charge in [0.1, 0.15) is 11.5 Å². The van der Waals surface area contributed by atoms with Crippen molar-refractivity contribution in [2.45, 2.75) is 6.92 Å². The van der Waals surface area contributed by atoms with Crippen LogP contribution in [0.1, 0.15) is 5.82 Å². The normalized spacial score (nSPS) is 16.8. The fourth-order valence-corrected chi connectivity index (χ4v) is 1.76. The molecule has 1 aromatic heterocycles. The van der Waals surface area contributed by atoms with Crippen LogP contribution in [0.3, 0.4) is 0 Å². The Hall–Kier alpha value is -1.07. The number of rotatable bonds is 1. The molecular formula is C9H13ClN4O. The molecule has 2 N–H and O–H groups in total. The minimum Gasteiger partial charge on any atom is -0.393 e. The molecule has 0 radical (unpaired) electrons. The van der Waals surface area contributed by atoms with E-state index in [0.29, 0.717) is 29.9 Å². The standard InChI is InChI=1S/C9H13ClN4O/c1-6-12-8(10)7(11)9(13-6)14-2-4-15-5-3-14/h2-5,11H2,1H3. The third kappa shape index (κ3) is 2.13. The first kappa shape index (κ1) is 10.4. The van der Waals surface area contributed by atoms with E-state index < -0.39 is 0 Å². The summed E-state index contributed by atoms with van der Waals surface area (Å²) in [5.74, 6) is 1.35. The summed E-state index contributed by atoms with van der Waals surface area (Å²) in [5, 5.41) is 0.323. The molecule has 0 amide bonds. The van der Waals surface area contributed by atoms with Crippen molar-refractivity contribution in [2.24, 2.45) is 0 Å². The van der Waals surface area contributed by atoms with Crippen molar-refractivity contribution in [1.82, 2.24) is 9.97 Å². The topological polar surface area (TPSA) is 64.3 Å². The van der Waals surface area contributed by atoms with Crippen molar-refractivity contribution in [2.75, 3.05) is 36.9 Å². The van der Waals surface area contributed by atoms with Crippen LogP contribution in [0.25, 0.3) is 0 Å². The highest BCUT2D eigenvalue weighted by atomic mass is 35.5. The smallest absolute Gasteiger partial charge is 0.157 e. The lowest BCUT2D eigenvalue weighted by molar-refractivity contribution is 0.122. The van der Waals surface area contributed by atoms with Crippen LogP contribution in [-0.4, -0.2) is 36.3 Å². The summed E-state index contributed by atoms with van der Waals surface area (Å²) in [4.78, 5) is 10.4. The predicted molar refractivity (Wildman–Crippen MR) is 59.2 cm³/mol. The van der Waals surface area contributed by atoms with E-state index in [-0.39, 0.29) is 0 Å². The van der Waals surface area contributed by atoms with Gasteiger partial charge < -0.3 is 15.4 Å². The first-order valence-electron chi connectivity index (χ1n) is 4.81. The summed E-state index contributed by atoms with van der Waals surface area (Å²) in [7, 11) is 0. The molecule has 2 rings (SSSR count). The molecule has 1 aliphatic rings. The Balaban J connectivity index is 2.33. The maximum atomic E-state index is 5.90. The Kier molecular flexibility index (Phi) is 2.93. The molecule has 1 fully saturated rings. The van der Waals surface area contributed by atoms with E-state index in [1.165, 1.54) is 0 Å². The number of morpholine rings is 1. The fourth-order valence-electron chi connectivity index (χ4n) is 1.55. The van der Waals surface area contributed by atoms with E-state index >= 15 is 0 Å². The fraction of sp³-hybridized carbons (Fsp3) is 0.556. The van der Waals surface area contributed by atoms with Crippen molar-refractivity contribution >= 4 is 23.1 Å². The molecule has 1 aromatic rings. The molecule has 0 aromatic carbocycles. The molecule has 2 heterocycles. The average molecular weight is 229 g/mol. The Morgan fingerprint density at radius 3 is 2.67 bits per heavy atom. The maximum absolute atomic E-state index is 5.90. The highest BCUT2D eigenvalue weighted by Gasteiger charge is 2.17. The third-order valence-corrected chi connectivity index (χ3v) is 2.59. The Labute approximate surface area is 93.2 Å². The first-order valence-corrected chi connectivity index (χ1v) is 5.18. The van der Waals surface area contributed by atoms with Crippen LogP contribution in [0, 0.1) is 6.92 Å². The van der Waals surface area contributed by atoms with E-state index in [9.17, 15) is 0 Å². The second kappa shape index (κ2) is 4.20. The molecule has 0 spiro atoms. The lowest BCUT2D eigenvalue weighted by Gasteiger charge is -2.28. The van der Waals surface area contributed by atoms with Crippen molar-refractivity contribution in [3.63, 3.8) is 0 Å². The Bertz CT molecular complexity index is 365. The lowest BCUT2D eigenvalue weighted by atomic mass is 10.3. The van der Waals surface area contributed by atoms with Crippen molar-refractivity contribution in [3.05, 3.63) is 11.0 Å². The molecule has 0 atom stereocenters. The van der Waals surface area contributed by atoms with Gasteiger partial charge in [-0.15, -0.1) is 0 Å². The maximum Gasteiger partial charge on any atom is 0.157 e. The molecule has 82 valence electrons. The van der Waals surface area contributed by atoms with E-state index in [1.54, 1.807) is 6.92 Å². The predicted octanol–water partition coefficient (Wildman–Crippen LogP) is 0.857. The molecule has 6 heteroatoms. The van der Waals surface area contributed by atoms with Crippen molar-refractivity contribution < 1.29 is 4.74 Å². The summed E-state index contributed by atoms with van der Waals surface area (Å²) in [6.45, 7) is 4.77. The summed E-state index contributed by atoms with van der Waals surface area (Å²) < 4.78 is 5.26. The minimum absolute atomic E-state index is 0.323. The molecular weight excluding hydrogens is 216 g/mol. The van der Waals surface area contributed by atoms with Gasteiger partial charge in [0, 0.05) is 13.1 Å². The summed E-state index contributed by atoms with van der Waals surface area (Å²) in [6, 6.07) is 0. The molecule has 0 aliphatic carbocycles. The number of halogens is 1. The van der Waals surface area contributed by atoms with Crippen LogP contribution >= 0.6 is 11.6 Å². The van der Waals surface area contributed by atoms with Crippen LogP contribution in [0.2, 0.25) is 5.15 Å². The van der Waals surface area contributed by atoms with Gasteiger partial charge in [-0.3, -0.25) is 0 Å². The van der Waals surface area contributed by atoms with E-state index in [0.717, 1.165) is 18.9 Å². The number of nitrogens with zero attached hydrogens (tertiary/aromatic N) is 3. The van der Waals surface area contributed by atoms with Gasteiger partial charge >= 0.3 is 0 Å². The van der Waals surface area contributed by atoms with Crippen molar-refractivity contribution in [1.29, 1.82) is 0 Å². The molecule has 0 bridgehead atoms. The van der Waals surface area contributed by atoms with Gasteiger partial charge in [-0.1, -0.05) is 11.6 Å². The number of hydrogen-bond donors (Lipinski definition) is 1. The zero-order chi connectivity index (χ0) is 10.8. The van der Waals surface area contributed by atoms with Crippen LogP contribution < -0.4 is 10.6 Å². The first-order chi connectivity index (χ1) is 7.18. The number of aryl methyl sites for hydroxylation is 1. The molecule has 0 saturated carbocycles. The number of nitrogen functional groups attached to an aromatic ring is 1. The van der Waals surface area contributed by atoms with Gasteiger partial charge in [0.25, 0.3) is 0 Å². The Morgan fingerprint density at radius 1 is 1.33 bits per heavy atom. The third-order valence-electron chi connectivity index (χ3n) is 2.30. The number of anilines is 2. The average Bonchev–Trinajstić information content (AvgIpc) is 2.24. The number of hydrogen-bond acceptors (Lipinski definition) is 5. The lowest BCUT2D eigenvalue weighted by Crippen LogP contribution is -2.37. The van der Waals surface area contributed by atoms with Crippen LogP contribution in [-0.2, 0) is 4.74 Å². The van der Waals surface area contributed by atoms with Gasteiger partial charge in [0.2, 0.25) is 0 Å². The largest absolute Gasteiger partial charge is 0.393 e. The van der Waals surface area contributed by atoms with Gasteiger partial charge in [0.15, 0.2) is 11.0 Å². The number of ether oxygens (including phenoxy) is 1. The van der Waals surface area contributed by atoms with E-state index in [2.05, 4.69) is 14.9 Å². The zero-order valence-electron chi connectivity index (χ0n) is 8.53. The molecule has 15 heavy (non-hydrogen) atoms. The SMILES string of the molecule is Cc1nc(Cl)c(N)c(N2CCOCC2)n1. The van der Waals surface area contributed by atoms with Gasteiger partial charge in [-0.05, 0) is 6.92 Å². The van der Waals surface area contributed by atoms with E-state index in [1.807, 2.05) is 0 Å². The molecule has 1 saturated heterocycles. The Morgan fingerprint density at radius 2 is 2.00 bits per heavy atom. The van der Waals surface area contributed by atoms with Crippen molar-refractivity contribution in [3.8, 4) is 0 Å². The van der Waals surface area contributed by atoms with Gasteiger partial charge in [-0.25, -0.2) is 9.97 Å². The van der Waals surface area contributed by atoms with Crippen LogP contribution in [0.15, 0.2) is 0 Å². The molecule has 5 nitrogen and oxygen atoms in total. The quantitative estimate of drug-likeness (QED) is 0.723. The highest BCUT2D eigenvalue weighted by Crippen LogP contribution is 2.27. The summed E-state index contributed by atoms with van der Waals surface area (Å²) in [6.07, 6.45) is 0. The highest BCUT2D eigenvalue weighted by molar-refractivity contribution is 6.32. The number of nitrogens with two attached hydrogens (primary N) is 1. The minimum atomic E-state index is 0.323. The van der Waals surface area contributed by atoms with Gasteiger partial charge in [-0.2, -0.15) is 0 Å². The summed E-state index contributed by atoms with van der Waals surface area (Å²) in [5.41, 5.74) is 6.29. The van der Waals surface area contributed by atoms with Crippen LogP contribution in [0.5, 0.6) is 0 Å².